The van der Waals surface area contributed by atoms with Crippen molar-refractivity contribution in [2.45, 2.75) is 18.6 Å². The maximum Gasteiger partial charge on any atom is 0.250 e. The molecule has 1 aromatic rings. The molecule has 2 aliphatic heterocycles. The summed E-state index contributed by atoms with van der Waals surface area (Å²) in [5.74, 6) is 0.318. The van der Waals surface area contributed by atoms with Crippen LogP contribution in [0.2, 0.25) is 0 Å². The summed E-state index contributed by atoms with van der Waals surface area (Å²) in [4.78, 5) is 14.4. The van der Waals surface area contributed by atoms with Gasteiger partial charge in [0.2, 0.25) is 5.91 Å². The molecule has 120 valence electrons. The van der Waals surface area contributed by atoms with Gasteiger partial charge < -0.3 is 19.7 Å². The second kappa shape index (κ2) is 7.22. The summed E-state index contributed by atoms with van der Waals surface area (Å²) in [6.07, 6.45) is 0.707. The molecular formula is C17H24N2O3. The van der Waals surface area contributed by atoms with Crippen molar-refractivity contribution in [1.29, 1.82) is 0 Å². The van der Waals surface area contributed by atoms with E-state index in [1.165, 1.54) is 5.56 Å². The largest absolute Gasteiger partial charge is 0.373 e. The number of hydrogen-bond acceptors (Lipinski definition) is 4. The van der Waals surface area contributed by atoms with Crippen LogP contribution in [0.25, 0.3) is 0 Å². The first-order valence-electron chi connectivity index (χ1n) is 7.98. The van der Waals surface area contributed by atoms with Crippen LogP contribution in [0.15, 0.2) is 30.3 Å². The average molecular weight is 304 g/mol. The number of amides is 1. The van der Waals surface area contributed by atoms with E-state index in [-0.39, 0.29) is 18.1 Å². The zero-order chi connectivity index (χ0) is 15.4. The van der Waals surface area contributed by atoms with Gasteiger partial charge in [-0.2, -0.15) is 0 Å². The average Bonchev–Trinajstić information content (AvgIpc) is 3.02. The molecule has 0 radical (unpaired) electrons. The zero-order valence-corrected chi connectivity index (χ0v) is 13.0. The van der Waals surface area contributed by atoms with Crippen molar-refractivity contribution < 1.29 is 14.3 Å². The number of likely N-dealkylation sites (N-methyl/N-ethyl adjacent to an activating group) is 1. The van der Waals surface area contributed by atoms with E-state index in [0.717, 1.165) is 19.6 Å². The lowest BCUT2D eigenvalue weighted by molar-refractivity contribution is -0.138. The highest BCUT2D eigenvalue weighted by atomic mass is 16.5. The van der Waals surface area contributed by atoms with Crippen LogP contribution in [0.1, 0.15) is 18.1 Å². The van der Waals surface area contributed by atoms with Gasteiger partial charge in [-0.3, -0.25) is 4.79 Å². The minimum atomic E-state index is -0.351. The third-order valence-electron chi connectivity index (χ3n) is 4.44. The number of rotatable bonds is 4. The van der Waals surface area contributed by atoms with Crippen molar-refractivity contribution >= 4 is 5.91 Å². The highest BCUT2D eigenvalue weighted by Crippen LogP contribution is 2.33. The normalized spacial score (nSPS) is 29.4. The monoisotopic (exact) mass is 304 g/mol. The number of hydrogen-bond donors (Lipinski definition) is 1. The number of nitrogens with zero attached hydrogens (tertiary/aromatic N) is 1. The molecule has 0 saturated carbocycles. The maximum atomic E-state index is 12.2. The summed E-state index contributed by atoms with van der Waals surface area (Å²) in [5.41, 5.74) is 1.19. The molecule has 1 amide bonds. The van der Waals surface area contributed by atoms with Gasteiger partial charge in [-0.05, 0) is 19.0 Å². The lowest BCUT2D eigenvalue weighted by Gasteiger charge is -2.29. The molecule has 0 aliphatic carbocycles. The standard InChI is InChI=1S/C17H24N2O3/c1-19-8-10-21-15(12-19)17(20)18-11-14-7-9-22-16(14)13-5-3-2-4-6-13/h2-6,14-16H,7-12H2,1H3,(H,18,20)/t14-,15?,16-/m1/s1. The molecule has 2 aliphatic rings. The number of morpholine rings is 1. The molecule has 3 atom stereocenters. The first kappa shape index (κ1) is 15.5. The quantitative estimate of drug-likeness (QED) is 0.908. The molecule has 1 unspecified atom stereocenters. The van der Waals surface area contributed by atoms with Crippen LogP contribution in [0.5, 0.6) is 0 Å². The highest BCUT2D eigenvalue weighted by molar-refractivity contribution is 5.81. The number of carbonyl (C=O) groups excluding carboxylic acids is 1. The van der Waals surface area contributed by atoms with Crippen LogP contribution < -0.4 is 5.32 Å². The zero-order valence-electron chi connectivity index (χ0n) is 13.0. The van der Waals surface area contributed by atoms with Crippen molar-refractivity contribution in [3.8, 4) is 0 Å². The summed E-state index contributed by atoms with van der Waals surface area (Å²) in [5, 5.41) is 3.04. The van der Waals surface area contributed by atoms with E-state index < -0.39 is 0 Å². The van der Waals surface area contributed by atoms with E-state index in [9.17, 15) is 4.79 Å². The van der Waals surface area contributed by atoms with Crippen molar-refractivity contribution in [1.82, 2.24) is 10.2 Å². The number of carbonyl (C=O) groups is 1. The van der Waals surface area contributed by atoms with Gasteiger partial charge in [-0.25, -0.2) is 0 Å². The Bertz CT molecular complexity index is 494. The second-order valence-corrected chi connectivity index (χ2v) is 6.12. The summed E-state index contributed by atoms with van der Waals surface area (Å²) in [6.45, 7) is 3.56. The predicted octanol–water partition coefficient (Wildman–Crippen LogP) is 1.21. The van der Waals surface area contributed by atoms with Gasteiger partial charge in [0.15, 0.2) is 0 Å². The van der Waals surface area contributed by atoms with E-state index >= 15 is 0 Å². The topological polar surface area (TPSA) is 50.8 Å². The Morgan fingerprint density at radius 3 is 2.86 bits per heavy atom. The maximum absolute atomic E-state index is 12.2. The van der Waals surface area contributed by atoms with E-state index in [4.69, 9.17) is 9.47 Å². The van der Waals surface area contributed by atoms with Gasteiger partial charge in [0.25, 0.3) is 0 Å². The first-order valence-corrected chi connectivity index (χ1v) is 7.98. The third-order valence-corrected chi connectivity index (χ3v) is 4.44. The summed E-state index contributed by atoms with van der Waals surface area (Å²) in [6, 6.07) is 10.2. The van der Waals surface area contributed by atoms with Gasteiger partial charge in [0, 0.05) is 32.2 Å². The molecule has 0 aromatic heterocycles. The minimum Gasteiger partial charge on any atom is -0.373 e. The molecule has 2 saturated heterocycles. The van der Waals surface area contributed by atoms with Crippen molar-refractivity contribution in [3.63, 3.8) is 0 Å². The van der Waals surface area contributed by atoms with Gasteiger partial charge >= 0.3 is 0 Å². The van der Waals surface area contributed by atoms with Crippen LogP contribution in [0.3, 0.4) is 0 Å². The SMILES string of the molecule is CN1CCOC(C(=O)NC[C@H]2CCO[C@@H]2c2ccccc2)C1. The Hall–Kier alpha value is -1.43. The van der Waals surface area contributed by atoms with E-state index in [1.54, 1.807) is 0 Å². The van der Waals surface area contributed by atoms with Crippen LogP contribution in [-0.4, -0.2) is 56.8 Å². The van der Waals surface area contributed by atoms with Gasteiger partial charge in [-0.15, -0.1) is 0 Å². The first-order chi connectivity index (χ1) is 10.7. The Morgan fingerprint density at radius 2 is 2.09 bits per heavy atom. The van der Waals surface area contributed by atoms with Gasteiger partial charge in [0.05, 0.1) is 12.7 Å². The van der Waals surface area contributed by atoms with Crippen LogP contribution in [0.4, 0.5) is 0 Å². The fourth-order valence-electron chi connectivity index (χ4n) is 3.14. The van der Waals surface area contributed by atoms with E-state index in [1.807, 2.05) is 25.2 Å². The highest BCUT2D eigenvalue weighted by Gasteiger charge is 2.31. The number of ether oxygens (including phenoxy) is 2. The lowest BCUT2D eigenvalue weighted by atomic mass is 9.95. The molecule has 5 heteroatoms. The third kappa shape index (κ3) is 3.66. The van der Waals surface area contributed by atoms with Crippen molar-refractivity contribution in [2.75, 3.05) is 39.9 Å². The molecule has 1 N–H and O–H groups in total. The molecule has 2 heterocycles. The van der Waals surface area contributed by atoms with Crippen LogP contribution in [0, 0.1) is 5.92 Å². The minimum absolute atomic E-state index is 0.00902. The molecule has 3 rings (SSSR count). The lowest BCUT2D eigenvalue weighted by Crippen LogP contribution is -2.49. The molecule has 1 aromatic carbocycles. The van der Waals surface area contributed by atoms with E-state index in [2.05, 4.69) is 22.3 Å². The Kier molecular flexibility index (Phi) is 5.08. The summed E-state index contributed by atoms with van der Waals surface area (Å²) in [7, 11) is 2.01. The number of nitrogens with one attached hydrogen (secondary N) is 1. The Labute approximate surface area is 131 Å². The Morgan fingerprint density at radius 1 is 1.27 bits per heavy atom. The summed E-state index contributed by atoms with van der Waals surface area (Å²) < 4.78 is 11.4. The van der Waals surface area contributed by atoms with Crippen molar-refractivity contribution in [3.05, 3.63) is 35.9 Å². The smallest absolute Gasteiger partial charge is 0.250 e. The fraction of sp³-hybridized carbons (Fsp3) is 0.588. The van der Waals surface area contributed by atoms with Gasteiger partial charge in [-0.1, -0.05) is 30.3 Å². The van der Waals surface area contributed by atoms with Crippen LogP contribution >= 0.6 is 0 Å². The summed E-state index contributed by atoms with van der Waals surface area (Å²) >= 11 is 0. The van der Waals surface area contributed by atoms with E-state index in [0.29, 0.717) is 25.6 Å². The number of benzene rings is 1. The predicted molar refractivity (Wildman–Crippen MR) is 83.5 cm³/mol. The van der Waals surface area contributed by atoms with Gasteiger partial charge in [0.1, 0.15) is 6.10 Å². The van der Waals surface area contributed by atoms with Crippen molar-refractivity contribution in [2.24, 2.45) is 5.92 Å². The Balaban J connectivity index is 1.53. The molecule has 0 spiro atoms. The molecular weight excluding hydrogens is 280 g/mol. The molecule has 5 nitrogen and oxygen atoms in total. The fourth-order valence-corrected chi connectivity index (χ4v) is 3.14. The molecule has 0 bridgehead atoms. The molecule has 2 fully saturated rings. The molecule has 22 heavy (non-hydrogen) atoms. The van der Waals surface area contributed by atoms with Crippen LogP contribution in [-0.2, 0) is 14.3 Å². The second-order valence-electron chi connectivity index (χ2n) is 6.12.